The van der Waals surface area contributed by atoms with Gasteiger partial charge in [-0.3, -0.25) is 4.79 Å². The van der Waals surface area contributed by atoms with Crippen LogP contribution in [0.1, 0.15) is 21.5 Å². The van der Waals surface area contributed by atoms with Gasteiger partial charge in [-0.05, 0) is 67.4 Å². The van der Waals surface area contributed by atoms with Gasteiger partial charge in [0.2, 0.25) is 5.88 Å². The summed E-state index contributed by atoms with van der Waals surface area (Å²) in [5, 5.41) is 6.89. The smallest absolute Gasteiger partial charge is 0.255 e. The number of amides is 1. The minimum Gasteiger partial charge on any atom is -0.439 e. The molecule has 144 valence electrons. The van der Waals surface area contributed by atoms with Gasteiger partial charge < -0.3 is 10.1 Å². The summed E-state index contributed by atoms with van der Waals surface area (Å²) in [5.41, 5.74) is 4.31. The Kier molecular flexibility index (Phi) is 5.03. The molecular formula is C22H19N5O2. The Bertz CT molecular complexity index is 1120. The van der Waals surface area contributed by atoms with Crippen molar-refractivity contribution in [2.45, 2.75) is 13.8 Å². The molecule has 29 heavy (non-hydrogen) atoms. The van der Waals surface area contributed by atoms with Crippen molar-refractivity contribution in [3.63, 3.8) is 0 Å². The van der Waals surface area contributed by atoms with Crippen LogP contribution in [-0.2, 0) is 0 Å². The van der Waals surface area contributed by atoms with E-state index in [2.05, 4.69) is 27.3 Å². The van der Waals surface area contributed by atoms with Crippen LogP contribution in [0.4, 0.5) is 5.69 Å². The average Bonchev–Trinajstić information content (AvgIpc) is 3.27. The molecule has 4 rings (SSSR count). The van der Waals surface area contributed by atoms with Gasteiger partial charge in [0, 0.05) is 11.6 Å². The van der Waals surface area contributed by atoms with Crippen LogP contribution in [0.3, 0.4) is 0 Å². The highest BCUT2D eigenvalue weighted by Crippen LogP contribution is 2.23. The highest BCUT2D eigenvalue weighted by atomic mass is 16.5. The van der Waals surface area contributed by atoms with Crippen LogP contribution >= 0.6 is 0 Å². The van der Waals surface area contributed by atoms with Crippen LogP contribution in [-0.4, -0.2) is 25.7 Å². The molecule has 0 bridgehead atoms. The van der Waals surface area contributed by atoms with Crippen molar-refractivity contribution >= 4 is 11.6 Å². The minimum atomic E-state index is -0.222. The van der Waals surface area contributed by atoms with Crippen molar-refractivity contribution in [2.24, 2.45) is 0 Å². The van der Waals surface area contributed by atoms with Crippen LogP contribution in [0.2, 0.25) is 0 Å². The second-order valence-electron chi connectivity index (χ2n) is 6.57. The van der Waals surface area contributed by atoms with Crippen molar-refractivity contribution in [3.8, 4) is 17.3 Å². The molecule has 1 amide bonds. The lowest BCUT2D eigenvalue weighted by atomic mass is 10.1. The highest BCUT2D eigenvalue weighted by Gasteiger charge is 2.08. The van der Waals surface area contributed by atoms with Gasteiger partial charge in [0.05, 0.1) is 17.6 Å². The standard InChI is InChI=1S/C22H19N5O2/c1-15-3-9-20(11-16(15)2)29-21-10-6-18(12-24-21)26-22(28)17-4-7-19(8-5-17)27-14-23-13-25-27/h3-14H,1-2H3,(H,26,28). The maximum Gasteiger partial charge on any atom is 0.255 e. The van der Waals surface area contributed by atoms with Gasteiger partial charge in [-0.25, -0.2) is 14.6 Å². The largest absolute Gasteiger partial charge is 0.439 e. The second kappa shape index (κ2) is 7.93. The number of nitrogens with zero attached hydrogens (tertiary/aromatic N) is 4. The summed E-state index contributed by atoms with van der Waals surface area (Å²) in [6.07, 6.45) is 4.63. The first kappa shape index (κ1) is 18.4. The van der Waals surface area contributed by atoms with E-state index in [0.29, 0.717) is 17.1 Å². The van der Waals surface area contributed by atoms with E-state index in [1.54, 1.807) is 41.5 Å². The topological polar surface area (TPSA) is 81.9 Å². The molecule has 2 heterocycles. The van der Waals surface area contributed by atoms with E-state index in [-0.39, 0.29) is 5.91 Å². The minimum absolute atomic E-state index is 0.222. The maximum absolute atomic E-state index is 12.5. The first-order chi connectivity index (χ1) is 14.1. The zero-order chi connectivity index (χ0) is 20.2. The molecule has 7 heteroatoms. The Labute approximate surface area is 168 Å². The molecule has 4 aromatic rings. The third kappa shape index (κ3) is 4.30. The van der Waals surface area contributed by atoms with Crippen molar-refractivity contribution in [1.29, 1.82) is 0 Å². The van der Waals surface area contributed by atoms with Crippen LogP contribution in [0.15, 0.2) is 73.4 Å². The van der Waals surface area contributed by atoms with E-state index in [0.717, 1.165) is 17.0 Å². The number of nitrogens with one attached hydrogen (secondary N) is 1. The molecular weight excluding hydrogens is 366 g/mol. The molecule has 0 radical (unpaired) electrons. The van der Waals surface area contributed by atoms with E-state index < -0.39 is 0 Å². The Balaban J connectivity index is 1.40. The fourth-order valence-corrected chi connectivity index (χ4v) is 2.72. The summed E-state index contributed by atoms with van der Waals surface area (Å²) in [6, 6.07) is 16.4. The fourth-order valence-electron chi connectivity index (χ4n) is 2.72. The first-order valence-corrected chi connectivity index (χ1v) is 9.06. The molecule has 1 N–H and O–H groups in total. The molecule has 0 saturated heterocycles. The quantitative estimate of drug-likeness (QED) is 0.553. The summed E-state index contributed by atoms with van der Waals surface area (Å²) in [7, 11) is 0. The van der Waals surface area contributed by atoms with Crippen LogP contribution in [0, 0.1) is 13.8 Å². The Morgan fingerprint density at radius 3 is 2.48 bits per heavy atom. The van der Waals surface area contributed by atoms with Gasteiger partial charge in [0.1, 0.15) is 18.4 Å². The van der Waals surface area contributed by atoms with Crippen LogP contribution in [0.25, 0.3) is 5.69 Å². The van der Waals surface area contributed by atoms with Crippen molar-refractivity contribution in [2.75, 3.05) is 5.32 Å². The molecule has 2 aromatic heterocycles. The van der Waals surface area contributed by atoms with E-state index >= 15 is 0 Å². The molecule has 0 saturated carbocycles. The SMILES string of the molecule is Cc1ccc(Oc2ccc(NC(=O)c3ccc(-n4cncn4)cc3)cn2)cc1C. The Morgan fingerprint density at radius 2 is 1.83 bits per heavy atom. The number of carbonyl (C=O) groups is 1. The predicted molar refractivity (Wildman–Crippen MR) is 110 cm³/mol. The van der Waals surface area contributed by atoms with Crippen molar-refractivity contribution < 1.29 is 9.53 Å². The lowest BCUT2D eigenvalue weighted by Gasteiger charge is -2.09. The highest BCUT2D eigenvalue weighted by molar-refractivity contribution is 6.04. The second-order valence-corrected chi connectivity index (χ2v) is 6.57. The maximum atomic E-state index is 12.5. The zero-order valence-electron chi connectivity index (χ0n) is 16.0. The van der Waals surface area contributed by atoms with E-state index in [1.165, 1.54) is 11.9 Å². The van der Waals surface area contributed by atoms with E-state index in [9.17, 15) is 4.79 Å². The number of rotatable bonds is 5. The number of aryl methyl sites for hydroxylation is 2. The van der Waals surface area contributed by atoms with Crippen molar-refractivity contribution in [3.05, 3.63) is 90.1 Å². The van der Waals surface area contributed by atoms with Gasteiger partial charge in [-0.1, -0.05) is 6.07 Å². The molecule has 0 spiro atoms. The zero-order valence-corrected chi connectivity index (χ0v) is 16.0. The number of carbonyl (C=O) groups excluding carboxylic acids is 1. The molecule has 0 aliphatic heterocycles. The number of pyridine rings is 1. The molecule has 2 aromatic carbocycles. The monoisotopic (exact) mass is 385 g/mol. The first-order valence-electron chi connectivity index (χ1n) is 9.06. The third-order valence-electron chi connectivity index (χ3n) is 4.51. The lowest BCUT2D eigenvalue weighted by Crippen LogP contribution is -2.12. The number of hydrogen-bond acceptors (Lipinski definition) is 5. The summed E-state index contributed by atoms with van der Waals surface area (Å²) in [4.78, 5) is 20.6. The van der Waals surface area contributed by atoms with Gasteiger partial charge in [-0.15, -0.1) is 0 Å². The number of aromatic nitrogens is 4. The lowest BCUT2D eigenvalue weighted by molar-refractivity contribution is 0.102. The van der Waals surface area contributed by atoms with Gasteiger partial charge in [0.25, 0.3) is 5.91 Å². The Hall–Kier alpha value is -4.00. The summed E-state index contributed by atoms with van der Waals surface area (Å²) >= 11 is 0. The van der Waals surface area contributed by atoms with Crippen LogP contribution in [0.5, 0.6) is 11.6 Å². The molecule has 7 nitrogen and oxygen atoms in total. The van der Waals surface area contributed by atoms with Gasteiger partial charge >= 0.3 is 0 Å². The van der Waals surface area contributed by atoms with Crippen LogP contribution < -0.4 is 10.1 Å². The summed E-state index contributed by atoms with van der Waals surface area (Å²) in [6.45, 7) is 4.09. The molecule has 0 aliphatic rings. The molecule has 0 atom stereocenters. The number of benzene rings is 2. The predicted octanol–water partition coefficient (Wildman–Crippen LogP) is 4.32. The molecule has 0 unspecified atom stereocenters. The van der Waals surface area contributed by atoms with Gasteiger partial charge in [-0.2, -0.15) is 5.10 Å². The third-order valence-corrected chi connectivity index (χ3v) is 4.51. The van der Waals surface area contributed by atoms with Gasteiger partial charge in [0.15, 0.2) is 0 Å². The fraction of sp³-hybridized carbons (Fsp3) is 0.0909. The molecule has 0 fully saturated rings. The number of hydrogen-bond donors (Lipinski definition) is 1. The average molecular weight is 385 g/mol. The summed E-state index contributed by atoms with van der Waals surface area (Å²) in [5.74, 6) is 0.966. The number of anilines is 1. The molecule has 0 aliphatic carbocycles. The van der Waals surface area contributed by atoms with E-state index in [1.807, 2.05) is 37.3 Å². The number of ether oxygens (including phenoxy) is 1. The Morgan fingerprint density at radius 1 is 1.00 bits per heavy atom. The van der Waals surface area contributed by atoms with E-state index in [4.69, 9.17) is 4.74 Å². The summed E-state index contributed by atoms with van der Waals surface area (Å²) < 4.78 is 7.40. The van der Waals surface area contributed by atoms with Crippen molar-refractivity contribution in [1.82, 2.24) is 19.7 Å². The normalized spacial score (nSPS) is 10.6.